The quantitative estimate of drug-likeness (QED) is 0.918. The molecule has 0 saturated carbocycles. The van der Waals surface area contributed by atoms with Gasteiger partial charge in [0.2, 0.25) is 5.43 Å². The Labute approximate surface area is 134 Å². The molecule has 0 spiro atoms. The zero-order valence-electron chi connectivity index (χ0n) is 13.3. The first kappa shape index (κ1) is 14.5. The zero-order chi connectivity index (χ0) is 16.0. The van der Waals surface area contributed by atoms with Gasteiger partial charge in [-0.1, -0.05) is 12.1 Å². The first-order chi connectivity index (χ1) is 11.1. The fraction of sp³-hybridized carbons (Fsp3) is 0.444. The van der Waals surface area contributed by atoms with Crippen molar-refractivity contribution < 1.29 is 4.79 Å². The SMILES string of the molecule is CN(C(=O)c1c[nH]c2ccccc2c1=O)C1CN2CCC1CC2. The molecule has 1 N–H and O–H groups in total. The van der Waals surface area contributed by atoms with Crippen LogP contribution in [0.5, 0.6) is 0 Å². The number of carbonyl (C=O) groups excluding carboxylic acids is 1. The highest BCUT2D eigenvalue weighted by atomic mass is 16.2. The first-order valence-corrected chi connectivity index (χ1v) is 8.25. The molecule has 4 heterocycles. The number of likely N-dealkylation sites (N-methyl/N-ethyl adjacent to an activating group) is 1. The predicted molar refractivity (Wildman–Crippen MR) is 89.6 cm³/mol. The van der Waals surface area contributed by atoms with Crippen molar-refractivity contribution in [2.45, 2.75) is 18.9 Å². The summed E-state index contributed by atoms with van der Waals surface area (Å²) >= 11 is 0. The number of nitrogens with one attached hydrogen (secondary N) is 1. The number of H-pyrrole nitrogens is 1. The summed E-state index contributed by atoms with van der Waals surface area (Å²) in [6.45, 7) is 3.21. The van der Waals surface area contributed by atoms with Crippen molar-refractivity contribution in [3.63, 3.8) is 0 Å². The monoisotopic (exact) mass is 311 g/mol. The van der Waals surface area contributed by atoms with E-state index in [0.29, 0.717) is 11.3 Å². The maximum Gasteiger partial charge on any atom is 0.259 e. The van der Waals surface area contributed by atoms with Gasteiger partial charge in [-0.2, -0.15) is 0 Å². The van der Waals surface area contributed by atoms with E-state index < -0.39 is 0 Å². The number of aromatic nitrogens is 1. The van der Waals surface area contributed by atoms with Gasteiger partial charge in [0, 0.05) is 36.7 Å². The van der Waals surface area contributed by atoms with Crippen LogP contribution < -0.4 is 5.43 Å². The number of hydrogen-bond donors (Lipinski definition) is 1. The topological polar surface area (TPSA) is 56.4 Å². The van der Waals surface area contributed by atoms with Crippen molar-refractivity contribution in [1.29, 1.82) is 0 Å². The summed E-state index contributed by atoms with van der Waals surface area (Å²) in [7, 11) is 1.84. The van der Waals surface area contributed by atoms with Gasteiger partial charge in [-0.3, -0.25) is 9.59 Å². The van der Waals surface area contributed by atoms with Crippen LogP contribution in [0.3, 0.4) is 0 Å². The number of fused-ring (bicyclic) bond motifs is 4. The van der Waals surface area contributed by atoms with Gasteiger partial charge in [0.05, 0.1) is 0 Å². The molecule has 1 atom stereocenters. The number of piperidine rings is 3. The molecule has 1 unspecified atom stereocenters. The Morgan fingerprint density at radius 2 is 2.00 bits per heavy atom. The molecular weight excluding hydrogens is 290 g/mol. The van der Waals surface area contributed by atoms with Crippen LogP contribution in [0.2, 0.25) is 0 Å². The van der Waals surface area contributed by atoms with Crippen LogP contribution in [0.25, 0.3) is 10.9 Å². The molecule has 23 heavy (non-hydrogen) atoms. The number of para-hydroxylation sites is 1. The van der Waals surface area contributed by atoms with Crippen LogP contribution >= 0.6 is 0 Å². The zero-order valence-corrected chi connectivity index (χ0v) is 13.3. The number of pyridine rings is 1. The van der Waals surface area contributed by atoms with Gasteiger partial charge in [0.15, 0.2) is 0 Å². The second kappa shape index (κ2) is 5.49. The molecule has 2 bridgehead atoms. The normalized spacial score (nSPS) is 26.4. The van der Waals surface area contributed by atoms with Gasteiger partial charge in [0.25, 0.3) is 5.91 Å². The number of rotatable bonds is 2. The molecule has 120 valence electrons. The summed E-state index contributed by atoms with van der Waals surface area (Å²) in [5, 5.41) is 0.570. The number of benzene rings is 1. The Morgan fingerprint density at radius 3 is 2.70 bits per heavy atom. The van der Waals surface area contributed by atoms with Gasteiger partial charge in [-0.05, 0) is 44.0 Å². The number of nitrogens with zero attached hydrogens (tertiary/aromatic N) is 2. The molecule has 5 heteroatoms. The molecular formula is C18H21N3O2. The smallest absolute Gasteiger partial charge is 0.259 e. The summed E-state index contributed by atoms with van der Waals surface area (Å²) in [6, 6.07) is 7.53. The van der Waals surface area contributed by atoms with Crippen LogP contribution in [0.4, 0.5) is 0 Å². The van der Waals surface area contributed by atoms with Crippen molar-refractivity contribution in [2.24, 2.45) is 5.92 Å². The molecule has 2 aromatic rings. The lowest BCUT2D eigenvalue weighted by Crippen LogP contribution is -2.57. The second-order valence-corrected chi connectivity index (χ2v) is 6.70. The average molecular weight is 311 g/mol. The van der Waals surface area contributed by atoms with Crippen LogP contribution in [-0.4, -0.2) is 53.4 Å². The molecule has 1 aromatic carbocycles. The fourth-order valence-corrected chi connectivity index (χ4v) is 4.04. The van der Waals surface area contributed by atoms with E-state index in [2.05, 4.69) is 9.88 Å². The van der Waals surface area contributed by atoms with E-state index in [1.807, 2.05) is 25.2 Å². The summed E-state index contributed by atoms with van der Waals surface area (Å²) in [5.41, 5.74) is 0.819. The van der Waals surface area contributed by atoms with Crippen LogP contribution in [0, 0.1) is 5.92 Å². The summed E-state index contributed by atoms with van der Waals surface area (Å²) in [4.78, 5) is 32.8. The molecule has 3 aliphatic heterocycles. The molecule has 1 amide bonds. The maximum atomic E-state index is 12.9. The largest absolute Gasteiger partial charge is 0.360 e. The third kappa shape index (κ3) is 2.36. The van der Waals surface area contributed by atoms with Crippen LogP contribution in [-0.2, 0) is 0 Å². The molecule has 3 fully saturated rings. The van der Waals surface area contributed by atoms with Gasteiger partial charge < -0.3 is 14.8 Å². The molecule has 3 aliphatic rings. The Balaban J connectivity index is 1.66. The lowest BCUT2D eigenvalue weighted by atomic mass is 9.83. The van der Waals surface area contributed by atoms with Crippen molar-refractivity contribution in [3.8, 4) is 0 Å². The number of carbonyl (C=O) groups is 1. The van der Waals surface area contributed by atoms with Gasteiger partial charge in [-0.25, -0.2) is 0 Å². The second-order valence-electron chi connectivity index (χ2n) is 6.70. The Bertz CT molecular complexity index is 805. The maximum absolute atomic E-state index is 12.9. The number of aromatic amines is 1. The minimum atomic E-state index is -0.183. The van der Waals surface area contributed by atoms with Crippen molar-refractivity contribution in [2.75, 3.05) is 26.7 Å². The highest BCUT2D eigenvalue weighted by Crippen LogP contribution is 2.30. The highest BCUT2D eigenvalue weighted by Gasteiger charge is 2.38. The standard InChI is InChI=1S/C18H21N3O2/c1-20(16-11-21-8-6-12(16)7-9-21)18(23)14-10-19-15-5-3-2-4-13(15)17(14)22/h2-5,10,12,16H,6-9,11H2,1H3,(H,19,22). The first-order valence-electron chi connectivity index (χ1n) is 8.25. The van der Waals surface area contributed by atoms with E-state index in [0.717, 1.165) is 38.0 Å². The van der Waals surface area contributed by atoms with Crippen molar-refractivity contribution >= 4 is 16.8 Å². The minimum absolute atomic E-state index is 0.171. The Hall–Kier alpha value is -2.14. The highest BCUT2D eigenvalue weighted by molar-refractivity contribution is 5.97. The minimum Gasteiger partial charge on any atom is -0.360 e. The van der Waals surface area contributed by atoms with Crippen molar-refractivity contribution in [1.82, 2.24) is 14.8 Å². The van der Waals surface area contributed by atoms with Gasteiger partial charge in [-0.15, -0.1) is 0 Å². The third-order valence-corrected chi connectivity index (χ3v) is 5.46. The lowest BCUT2D eigenvalue weighted by Gasteiger charge is -2.48. The van der Waals surface area contributed by atoms with Crippen LogP contribution in [0.15, 0.2) is 35.3 Å². The average Bonchev–Trinajstić information content (AvgIpc) is 2.62. The van der Waals surface area contributed by atoms with E-state index in [-0.39, 0.29) is 22.9 Å². The molecule has 1 aromatic heterocycles. The van der Waals surface area contributed by atoms with E-state index in [1.54, 1.807) is 17.2 Å². The fourth-order valence-electron chi connectivity index (χ4n) is 4.04. The summed E-state index contributed by atoms with van der Waals surface area (Å²) in [6.07, 6.45) is 3.86. The summed E-state index contributed by atoms with van der Waals surface area (Å²) in [5.74, 6) is 0.393. The Morgan fingerprint density at radius 1 is 1.26 bits per heavy atom. The van der Waals surface area contributed by atoms with E-state index >= 15 is 0 Å². The predicted octanol–water partition coefficient (Wildman–Crippen LogP) is 1.69. The van der Waals surface area contributed by atoms with Crippen molar-refractivity contribution in [3.05, 3.63) is 46.2 Å². The lowest BCUT2D eigenvalue weighted by molar-refractivity contribution is 0.0161. The van der Waals surface area contributed by atoms with E-state index in [9.17, 15) is 9.59 Å². The molecule has 0 aliphatic carbocycles. The van der Waals surface area contributed by atoms with E-state index in [4.69, 9.17) is 0 Å². The van der Waals surface area contributed by atoms with Crippen LogP contribution in [0.1, 0.15) is 23.2 Å². The molecule has 5 nitrogen and oxygen atoms in total. The molecule has 3 saturated heterocycles. The van der Waals surface area contributed by atoms with Gasteiger partial charge >= 0.3 is 0 Å². The summed E-state index contributed by atoms with van der Waals surface area (Å²) < 4.78 is 0. The Kier molecular flexibility index (Phi) is 3.45. The number of amides is 1. The third-order valence-electron chi connectivity index (χ3n) is 5.46. The molecule has 5 rings (SSSR count). The number of hydrogen-bond acceptors (Lipinski definition) is 3. The van der Waals surface area contributed by atoms with E-state index in [1.165, 1.54) is 0 Å². The van der Waals surface area contributed by atoms with Gasteiger partial charge in [0.1, 0.15) is 5.56 Å². The molecule has 0 radical (unpaired) electrons.